The largest absolute Gasteiger partial charge is 0.491 e. The maximum Gasteiger partial charge on any atom is 0.322 e. The van der Waals surface area contributed by atoms with Gasteiger partial charge in [-0.2, -0.15) is 0 Å². The Balaban J connectivity index is 2.60. The van der Waals surface area contributed by atoms with Crippen molar-refractivity contribution in [2.75, 3.05) is 17.8 Å². The number of hydrogen-bond donors (Lipinski definition) is 1. The smallest absolute Gasteiger partial charge is 0.322 e. The number of aromatic nitrogens is 1. The molecule has 2 N–H and O–H groups in total. The maximum absolute atomic E-state index is 12.5. The molecule has 0 saturated heterocycles. The van der Waals surface area contributed by atoms with Crippen molar-refractivity contribution in [2.45, 2.75) is 25.0 Å². The molecule has 8 nitrogen and oxygen atoms in total. The number of benzene rings is 1. The van der Waals surface area contributed by atoms with E-state index < -0.39 is 21.7 Å². The number of anilines is 2. The van der Waals surface area contributed by atoms with Crippen LogP contribution >= 0.6 is 11.3 Å². The van der Waals surface area contributed by atoms with E-state index in [0.29, 0.717) is 12.4 Å². The zero-order chi connectivity index (χ0) is 20.4. The molecule has 0 fully saturated rings. The molecule has 0 aliphatic heterocycles. The van der Waals surface area contributed by atoms with Crippen molar-refractivity contribution >= 4 is 43.8 Å². The summed E-state index contributed by atoms with van der Waals surface area (Å²) in [5.41, 5.74) is 6.35. The second-order valence-corrected chi connectivity index (χ2v) is 9.67. The van der Waals surface area contributed by atoms with Gasteiger partial charge in [-0.15, -0.1) is 0 Å². The van der Waals surface area contributed by atoms with Crippen LogP contribution in [0.2, 0.25) is 0 Å². The molecule has 1 aromatic carbocycles. The van der Waals surface area contributed by atoms with Crippen molar-refractivity contribution in [3.63, 3.8) is 0 Å². The second-order valence-electron chi connectivity index (χ2n) is 6.41. The lowest BCUT2D eigenvalue weighted by Gasteiger charge is -2.22. The van der Waals surface area contributed by atoms with Crippen LogP contribution in [0.25, 0.3) is 0 Å². The number of hydrogen-bond acceptors (Lipinski definition) is 7. The molecule has 1 aromatic heterocycles. The predicted octanol–water partition coefficient (Wildman–Crippen LogP) is 2.04. The van der Waals surface area contributed by atoms with Crippen LogP contribution in [0, 0.1) is 12.8 Å². The molecule has 0 unspecified atom stereocenters. The third-order valence-corrected chi connectivity index (χ3v) is 6.14. The monoisotopic (exact) mass is 411 g/mol. The molecular formula is C17H21N3O5S2. The zero-order valence-corrected chi connectivity index (χ0v) is 17.1. The van der Waals surface area contributed by atoms with Gasteiger partial charge in [0, 0.05) is 6.26 Å². The molecule has 2 aromatic rings. The van der Waals surface area contributed by atoms with Gasteiger partial charge < -0.3 is 10.5 Å². The van der Waals surface area contributed by atoms with Crippen molar-refractivity contribution in [3.05, 3.63) is 30.0 Å². The summed E-state index contributed by atoms with van der Waals surface area (Å²) < 4.78 is 29.3. The Kier molecular flexibility index (Phi) is 6.22. The number of thiazole rings is 1. The third kappa shape index (κ3) is 5.04. The Morgan fingerprint density at radius 1 is 1.33 bits per heavy atom. The van der Waals surface area contributed by atoms with E-state index in [-0.39, 0.29) is 20.9 Å². The van der Waals surface area contributed by atoms with Crippen LogP contribution in [0.1, 0.15) is 19.4 Å². The molecular weight excluding hydrogens is 390 g/mol. The van der Waals surface area contributed by atoms with Gasteiger partial charge in [0.05, 0.1) is 18.5 Å². The summed E-state index contributed by atoms with van der Waals surface area (Å²) in [6.45, 7) is 6.20. The summed E-state index contributed by atoms with van der Waals surface area (Å²) in [6.07, 6.45) is 2.17. The molecule has 0 saturated carbocycles. The average Bonchev–Trinajstić information content (AvgIpc) is 3.04. The van der Waals surface area contributed by atoms with Gasteiger partial charge in [-0.05, 0) is 30.5 Å². The molecule has 2 amide bonds. The van der Waals surface area contributed by atoms with Crippen molar-refractivity contribution in [1.82, 2.24) is 4.98 Å². The van der Waals surface area contributed by atoms with Gasteiger partial charge in [0.1, 0.15) is 9.96 Å². The van der Waals surface area contributed by atoms with Gasteiger partial charge >= 0.3 is 11.8 Å². The van der Waals surface area contributed by atoms with Gasteiger partial charge in [-0.1, -0.05) is 31.3 Å². The molecule has 0 aliphatic carbocycles. The molecule has 10 heteroatoms. The molecule has 0 aliphatic rings. The number of sulfone groups is 1. The van der Waals surface area contributed by atoms with Crippen molar-refractivity contribution in [3.8, 4) is 5.75 Å². The Hall–Kier alpha value is -2.46. The van der Waals surface area contributed by atoms with Crippen LogP contribution in [0.3, 0.4) is 0 Å². The Labute approximate surface area is 161 Å². The van der Waals surface area contributed by atoms with Crippen molar-refractivity contribution in [2.24, 2.45) is 11.7 Å². The number of nitrogens with zero attached hydrogens (tertiary/aromatic N) is 2. The fourth-order valence-electron chi connectivity index (χ4n) is 2.11. The first kappa shape index (κ1) is 20.8. The number of ether oxygens (including phenoxy) is 1. The van der Waals surface area contributed by atoms with Crippen LogP contribution in [0.15, 0.2) is 28.6 Å². The molecule has 2 rings (SSSR count). The second kappa shape index (κ2) is 8.05. The zero-order valence-electron chi connectivity index (χ0n) is 15.4. The molecule has 0 bridgehead atoms. The fraction of sp³-hybridized carbons (Fsp3) is 0.353. The topological polar surface area (TPSA) is 120 Å². The number of carbonyl (C=O) groups excluding carboxylic acids is 2. The number of aryl methyl sites for hydroxylation is 1. The predicted molar refractivity (Wildman–Crippen MR) is 103 cm³/mol. The van der Waals surface area contributed by atoms with E-state index >= 15 is 0 Å². The highest BCUT2D eigenvalue weighted by Crippen LogP contribution is 2.38. The van der Waals surface area contributed by atoms with E-state index in [0.717, 1.165) is 34.3 Å². The Morgan fingerprint density at radius 2 is 2.00 bits per heavy atom. The highest BCUT2D eigenvalue weighted by molar-refractivity contribution is 7.92. The standard InChI is InChI=1S/C17H21N3O5S2/c1-10(2)9-25-13-7-11(3)5-6-12(13)20(16(22)15(18)21)17-19-8-14(26-17)27(4,23)24/h5-8,10H,9H2,1-4H3,(H2,18,21). The molecule has 0 atom stereocenters. The summed E-state index contributed by atoms with van der Waals surface area (Å²) in [7, 11) is -3.51. The number of amides is 2. The van der Waals surface area contributed by atoms with Crippen LogP contribution in [-0.2, 0) is 19.4 Å². The maximum atomic E-state index is 12.5. The molecule has 1 heterocycles. The minimum atomic E-state index is -3.51. The molecule has 27 heavy (non-hydrogen) atoms. The number of nitrogens with two attached hydrogens (primary N) is 1. The SMILES string of the molecule is Cc1ccc(N(C(=O)C(N)=O)c2ncc(S(C)(=O)=O)s2)c(OCC(C)C)c1. The minimum absolute atomic E-state index is 0.0116. The summed E-state index contributed by atoms with van der Waals surface area (Å²) >= 11 is 0.768. The first-order valence-corrected chi connectivity index (χ1v) is 10.7. The van der Waals surface area contributed by atoms with Crippen molar-refractivity contribution in [1.29, 1.82) is 0 Å². The normalized spacial score (nSPS) is 11.4. The average molecular weight is 412 g/mol. The summed E-state index contributed by atoms with van der Waals surface area (Å²) in [6, 6.07) is 5.07. The first-order chi connectivity index (χ1) is 12.5. The van der Waals surface area contributed by atoms with Gasteiger partial charge in [0.25, 0.3) is 0 Å². The first-order valence-electron chi connectivity index (χ1n) is 8.04. The van der Waals surface area contributed by atoms with E-state index in [4.69, 9.17) is 10.5 Å². The summed E-state index contributed by atoms with van der Waals surface area (Å²) in [5, 5.41) is 0.0116. The van der Waals surface area contributed by atoms with Crippen LogP contribution in [-0.4, -0.2) is 38.1 Å². The van der Waals surface area contributed by atoms with E-state index in [1.54, 1.807) is 18.2 Å². The fourth-order valence-corrected chi connectivity index (χ4v) is 3.85. The number of carbonyl (C=O) groups is 2. The van der Waals surface area contributed by atoms with Crippen LogP contribution in [0.4, 0.5) is 10.8 Å². The van der Waals surface area contributed by atoms with Gasteiger partial charge in [0.15, 0.2) is 15.0 Å². The highest BCUT2D eigenvalue weighted by atomic mass is 32.2. The summed E-state index contributed by atoms with van der Waals surface area (Å²) in [4.78, 5) is 29.1. The van der Waals surface area contributed by atoms with Crippen LogP contribution < -0.4 is 15.4 Å². The van der Waals surface area contributed by atoms with Crippen LogP contribution in [0.5, 0.6) is 5.75 Å². The molecule has 146 valence electrons. The number of rotatable bonds is 6. The lowest BCUT2D eigenvalue weighted by atomic mass is 10.2. The van der Waals surface area contributed by atoms with E-state index in [1.165, 1.54) is 0 Å². The highest BCUT2D eigenvalue weighted by Gasteiger charge is 2.29. The van der Waals surface area contributed by atoms with E-state index in [1.807, 2.05) is 20.8 Å². The van der Waals surface area contributed by atoms with E-state index in [9.17, 15) is 18.0 Å². The Morgan fingerprint density at radius 3 is 2.52 bits per heavy atom. The molecule has 0 radical (unpaired) electrons. The number of primary amides is 1. The Bertz CT molecular complexity index is 967. The summed E-state index contributed by atoms with van der Waals surface area (Å²) in [5.74, 6) is -1.63. The van der Waals surface area contributed by atoms with E-state index in [2.05, 4.69) is 4.98 Å². The lowest BCUT2D eigenvalue weighted by molar-refractivity contribution is -0.135. The van der Waals surface area contributed by atoms with Gasteiger partial charge in [-0.3, -0.25) is 9.59 Å². The van der Waals surface area contributed by atoms with Gasteiger partial charge in [-0.25, -0.2) is 18.3 Å². The minimum Gasteiger partial charge on any atom is -0.491 e. The quantitative estimate of drug-likeness (QED) is 0.727. The van der Waals surface area contributed by atoms with Crippen molar-refractivity contribution < 1.29 is 22.7 Å². The molecule has 0 spiro atoms. The third-order valence-electron chi connectivity index (χ3n) is 3.37. The van der Waals surface area contributed by atoms with Gasteiger partial charge in [0.2, 0.25) is 0 Å². The lowest BCUT2D eigenvalue weighted by Crippen LogP contribution is -2.37.